The molecule has 1 aromatic carbocycles. The maximum absolute atomic E-state index is 13.1. The third kappa shape index (κ3) is 3.33. The summed E-state index contributed by atoms with van der Waals surface area (Å²) >= 11 is 6.25. The van der Waals surface area contributed by atoms with Gasteiger partial charge < -0.3 is 23.9 Å². The van der Waals surface area contributed by atoms with Gasteiger partial charge in [-0.15, -0.1) is 0 Å². The van der Waals surface area contributed by atoms with Crippen LogP contribution >= 0.6 is 11.6 Å². The normalized spacial score (nSPS) is 19.4. The van der Waals surface area contributed by atoms with E-state index in [2.05, 4.69) is 9.88 Å². The Morgan fingerprint density at radius 1 is 1.30 bits per heavy atom. The Balaban J connectivity index is 2.07. The fraction of sp³-hybridized carbons (Fsp3) is 0.364. The van der Waals surface area contributed by atoms with Crippen LogP contribution in [0, 0.1) is 0 Å². The summed E-state index contributed by atoms with van der Waals surface area (Å²) in [6.45, 7) is 0.793. The van der Waals surface area contributed by atoms with Gasteiger partial charge in [0.25, 0.3) is 0 Å². The minimum absolute atomic E-state index is 0.0177. The fourth-order valence-corrected chi connectivity index (χ4v) is 4.50. The Kier molecular flexibility index (Phi) is 5.69. The van der Waals surface area contributed by atoms with Gasteiger partial charge in [-0.3, -0.25) is 4.79 Å². The van der Waals surface area contributed by atoms with Gasteiger partial charge in [0.1, 0.15) is 33.4 Å². The molecule has 0 radical (unpaired) electrons. The minimum Gasteiger partial charge on any atom is -0.496 e. The lowest BCUT2D eigenvalue weighted by atomic mass is 9.89. The van der Waals surface area contributed by atoms with Crippen LogP contribution in [0.3, 0.4) is 0 Å². The monoisotopic (exact) mass is 430 g/mol. The summed E-state index contributed by atoms with van der Waals surface area (Å²) in [5.74, 6) is 1.16. The Morgan fingerprint density at radius 2 is 2.07 bits per heavy atom. The number of methoxy groups -OCH3 is 2. The predicted molar refractivity (Wildman–Crippen MR) is 115 cm³/mol. The molecule has 2 atom stereocenters. The average Bonchev–Trinajstić information content (AvgIpc) is 3.12. The number of aromatic nitrogens is 1. The van der Waals surface area contributed by atoms with Crippen molar-refractivity contribution in [1.29, 1.82) is 0 Å². The number of benzene rings is 1. The number of aliphatic hydroxyl groups is 1. The van der Waals surface area contributed by atoms with Gasteiger partial charge in [-0.1, -0.05) is 11.6 Å². The lowest BCUT2D eigenvalue weighted by molar-refractivity contribution is 0.171. The van der Waals surface area contributed by atoms with Gasteiger partial charge in [-0.25, -0.2) is 4.98 Å². The van der Waals surface area contributed by atoms with Crippen molar-refractivity contribution in [2.45, 2.75) is 18.4 Å². The summed E-state index contributed by atoms with van der Waals surface area (Å²) in [5.41, 5.74) is 1.40. The molecule has 0 bridgehead atoms. The van der Waals surface area contributed by atoms with Crippen LogP contribution in [0.4, 0.5) is 0 Å². The zero-order valence-electron chi connectivity index (χ0n) is 17.0. The highest BCUT2D eigenvalue weighted by molar-refractivity contribution is 6.31. The van der Waals surface area contributed by atoms with Gasteiger partial charge in [-0.2, -0.15) is 0 Å². The molecule has 30 heavy (non-hydrogen) atoms. The molecule has 0 aliphatic carbocycles. The number of likely N-dealkylation sites (N-methyl/N-ethyl adjacent to an activating group) is 1. The number of halogens is 1. The summed E-state index contributed by atoms with van der Waals surface area (Å²) in [5, 5.41) is 10.6. The molecule has 0 spiro atoms. The fourth-order valence-electron chi connectivity index (χ4n) is 4.29. The second-order valence-electron chi connectivity index (χ2n) is 7.34. The molecule has 8 heteroatoms. The zero-order chi connectivity index (χ0) is 21.4. The van der Waals surface area contributed by atoms with E-state index >= 15 is 0 Å². The highest BCUT2D eigenvalue weighted by atomic mass is 35.5. The van der Waals surface area contributed by atoms with Crippen molar-refractivity contribution in [3.63, 3.8) is 0 Å². The molecule has 0 unspecified atom stereocenters. The summed E-state index contributed by atoms with van der Waals surface area (Å²) in [7, 11) is 5.03. The van der Waals surface area contributed by atoms with Crippen LogP contribution < -0.4 is 14.9 Å². The second-order valence-corrected chi connectivity index (χ2v) is 7.70. The largest absolute Gasteiger partial charge is 0.496 e. The number of ether oxygens (including phenoxy) is 2. The zero-order valence-corrected chi connectivity index (χ0v) is 17.8. The third-order valence-corrected chi connectivity index (χ3v) is 6.11. The number of hydrogen-bond donors (Lipinski definition) is 1. The first-order chi connectivity index (χ1) is 14.5. The van der Waals surface area contributed by atoms with Crippen molar-refractivity contribution in [2.75, 3.05) is 34.4 Å². The van der Waals surface area contributed by atoms with Gasteiger partial charge in [0.15, 0.2) is 5.43 Å². The molecule has 1 aliphatic heterocycles. The predicted octanol–water partition coefficient (Wildman–Crippen LogP) is 3.31. The highest BCUT2D eigenvalue weighted by Gasteiger charge is 2.37. The van der Waals surface area contributed by atoms with Crippen molar-refractivity contribution >= 4 is 22.6 Å². The molecule has 7 nitrogen and oxygen atoms in total. The number of aliphatic hydroxyl groups excluding tert-OH is 1. The van der Waals surface area contributed by atoms with Gasteiger partial charge in [0, 0.05) is 35.9 Å². The molecular weight excluding hydrogens is 408 g/mol. The van der Waals surface area contributed by atoms with E-state index in [1.54, 1.807) is 31.5 Å². The molecular formula is C22H23ClN2O5. The smallest absolute Gasteiger partial charge is 0.197 e. The number of nitrogens with zero attached hydrogens (tertiary/aromatic N) is 2. The molecule has 0 amide bonds. The number of hydrogen-bond acceptors (Lipinski definition) is 7. The van der Waals surface area contributed by atoms with Gasteiger partial charge in [0.2, 0.25) is 0 Å². The number of likely N-dealkylation sites (tertiary alicyclic amines) is 1. The number of fused-ring (bicyclic) bond motifs is 1. The van der Waals surface area contributed by atoms with Crippen LogP contribution in [0.1, 0.15) is 17.9 Å². The first-order valence-electron chi connectivity index (χ1n) is 9.64. The average molecular weight is 431 g/mol. The van der Waals surface area contributed by atoms with E-state index in [4.69, 9.17) is 25.5 Å². The topological polar surface area (TPSA) is 85.0 Å². The van der Waals surface area contributed by atoms with E-state index in [1.807, 2.05) is 7.05 Å². The molecule has 3 aromatic rings. The highest BCUT2D eigenvalue weighted by Crippen LogP contribution is 2.45. The lowest BCUT2D eigenvalue weighted by Crippen LogP contribution is -2.32. The van der Waals surface area contributed by atoms with Crippen LogP contribution in [-0.4, -0.2) is 55.5 Å². The molecule has 4 rings (SSSR count). The van der Waals surface area contributed by atoms with E-state index in [-0.39, 0.29) is 29.1 Å². The van der Waals surface area contributed by atoms with Crippen molar-refractivity contribution < 1.29 is 19.0 Å². The first kappa shape index (κ1) is 20.7. The van der Waals surface area contributed by atoms with Crippen molar-refractivity contribution in [2.24, 2.45) is 0 Å². The summed E-state index contributed by atoms with van der Waals surface area (Å²) < 4.78 is 17.4. The second kappa shape index (κ2) is 8.26. The van der Waals surface area contributed by atoms with Gasteiger partial charge in [-0.05, 0) is 32.1 Å². The summed E-state index contributed by atoms with van der Waals surface area (Å²) in [6.07, 6.45) is 2.36. The quantitative estimate of drug-likeness (QED) is 0.621. The maximum Gasteiger partial charge on any atom is 0.197 e. The van der Waals surface area contributed by atoms with Crippen LogP contribution in [0.2, 0.25) is 5.15 Å². The van der Waals surface area contributed by atoms with E-state index < -0.39 is 0 Å². The van der Waals surface area contributed by atoms with Crippen molar-refractivity contribution in [1.82, 2.24) is 9.88 Å². The standard InChI is InChI=1S/C22H23ClN2O5/c1-25-8-6-12(14(25)11-26)19-17(28-2)10-18(29-3)20-15(27)9-16(30-21(19)20)13-5-4-7-24-22(13)23/h4-5,7,9-10,12,14,26H,6,8,11H2,1-3H3/t12-,14+/m0/s1. The summed E-state index contributed by atoms with van der Waals surface area (Å²) in [4.78, 5) is 19.3. The Bertz CT molecular complexity index is 1150. The van der Waals surface area contributed by atoms with Crippen molar-refractivity contribution in [3.8, 4) is 22.8 Å². The molecule has 1 fully saturated rings. The van der Waals surface area contributed by atoms with E-state index in [0.29, 0.717) is 33.8 Å². The SMILES string of the molecule is COc1cc(OC)c2c(=O)cc(-c3cccnc3Cl)oc2c1[C@H]1CCN(C)[C@@H]1CO. The van der Waals surface area contributed by atoms with Crippen LogP contribution in [0.5, 0.6) is 11.5 Å². The lowest BCUT2D eigenvalue weighted by Gasteiger charge is -2.25. The van der Waals surface area contributed by atoms with E-state index in [1.165, 1.54) is 13.2 Å². The third-order valence-electron chi connectivity index (χ3n) is 5.81. The van der Waals surface area contributed by atoms with Gasteiger partial charge in [0.05, 0.1) is 26.4 Å². The maximum atomic E-state index is 13.1. The van der Waals surface area contributed by atoms with Gasteiger partial charge >= 0.3 is 0 Å². The molecule has 2 aromatic heterocycles. The first-order valence-corrected chi connectivity index (χ1v) is 10.0. The van der Waals surface area contributed by atoms with E-state index in [9.17, 15) is 9.90 Å². The molecule has 1 N–H and O–H groups in total. The molecule has 0 saturated carbocycles. The molecule has 3 heterocycles. The molecule has 158 valence electrons. The van der Waals surface area contributed by atoms with Crippen molar-refractivity contribution in [3.05, 3.63) is 51.4 Å². The summed E-state index contributed by atoms with van der Waals surface area (Å²) in [6, 6.07) is 6.46. The molecule has 1 aliphatic rings. The Hall–Kier alpha value is -2.61. The van der Waals surface area contributed by atoms with Crippen LogP contribution in [0.25, 0.3) is 22.3 Å². The van der Waals surface area contributed by atoms with Crippen LogP contribution in [-0.2, 0) is 0 Å². The molecule has 1 saturated heterocycles. The number of rotatable bonds is 5. The van der Waals surface area contributed by atoms with E-state index in [0.717, 1.165) is 18.5 Å². The Labute approximate surface area is 178 Å². The Morgan fingerprint density at radius 3 is 2.73 bits per heavy atom. The minimum atomic E-state index is -0.251. The van der Waals surface area contributed by atoms with Crippen LogP contribution in [0.15, 0.2) is 39.7 Å². The number of pyridine rings is 1.